The molecule has 0 bridgehead atoms. The molecule has 0 fully saturated rings. The summed E-state index contributed by atoms with van der Waals surface area (Å²) in [5.41, 5.74) is 3.60. The van der Waals surface area contributed by atoms with Gasteiger partial charge in [-0.15, -0.1) is 11.3 Å². The van der Waals surface area contributed by atoms with Crippen molar-refractivity contribution in [1.29, 1.82) is 0 Å². The molecule has 0 radical (unpaired) electrons. The van der Waals surface area contributed by atoms with Gasteiger partial charge in [-0.2, -0.15) is 5.10 Å². The van der Waals surface area contributed by atoms with Crippen LogP contribution in [0.4, 0.5) is 5.00 Å². The van der Waals surface area contributed by atoms with E-state index in [0.29, 0.717) is 16.3 Å². The van der Waals surface area contributed by atoms with Gasteiger partial charge >= 0.3 is 5.97 Å². The fraction of sp³-hybridized carbons (Fsp3) is 0.375. The van der Waals surface area contributed by atoms with E-state index in [2.05, 4.69) is 10.4 Å². The average Bonchev–Trinajstić information content (AvgIpc) is 3.40. The van der Waals surface area contributed by atoms with Crippen LogP contribution in [0.15, 0.2) is 24.4 Å². The first kappa shape index (κ1) is 23.3. The van der Waals surface area contributed by atoms with Crippen molar-refractivity contribution in [2.75, 3.05) is 11.9 Å². The molecule has 3 aromatic rings. The Hall–Kier alpha value is -2.84. The van der Waals surface area contributed by atoms with Crippen molar-refractivity contribution >= 4 is 39.8 Å². The molecule has 1 amide bonds. The van der Waals surface area contributed by atoms with E-state index in [-0.39, 0.29) is 30.9 Å². The summed E-state index contributed by atoms with van der Waals surface area (Å²) in [6.07, 6.45) is 5.53. The monoisotopic (exact) mass is 487 g/mol. The normalized spacial score (nSPS) is 12.8. The van der Waals surface area contributed by atoms with Crippen molar-refractivity contribution in [1.82, 2.24) is 9.78 Å². The van der Waals surface area contributed by atoms with Gasteiger partial charge in [0.1, 0.15) is 10.8 Å². The van der Waals surface area contributed by atoms with Gasteiger partial charge in [0.2, 0.25) is 0 Å². The highest BCUT2D eigenvalue weighted by atomic mass is 35.5. The Morgan fingerprint density at radius 3 is 2.67 bits per heavy atom. The maximum absolute atomic E-state index is 12.9. The number of anilines is 1. The van der Waals surface area contributed by atoms with E-state index in [4.69, 9.17) is 21.1 Å². The second-order valence-electron chi connectivity index (χ2n) is 7.97. The number of halogens is 1. The predicted octanol–water partition coefficient (Wildman–Crippen LogP) is 5.56. The number of hydrogen-bond donors (Lipinski definition) is 1. The summed E-state index contributed by atoms with van der Waals surface area (Å²) >= 11 is 7.66. The van der Waals surface area contributed by atoms with Crippen molar-refractivity contribution < 1.29 is 19.1 Å². The van der Waals surface area contributed by atoms with Crippen molar-refractivity contribution in [3.8, 4) is 5.75 Å². The number of rotatable bonds is 7. The molecular formula is C24H26ClN3O4S. The van der Waals surface area contributed by atoms with E-state index in [0.717, 1.165) is 52.3 Å². The van der Waals surface area contributed by atoms with Gasteiger partial charge in [0, 0.05) is 16.1 Å². The maximum Gasteiger partial charge on any atom is 0.341 e. The lowest BCUT2D eigenvalue weighted by atomic mass is 9.95. The fourth-order valence-corrected chi connectivity index (χ4v) is 5.31. The van der Waals surface area contributed by atoms with Gasteiger partial charge in [0.25, 0.3) is 5.91 Å². The number of nitrogens with one attached hydrogen (secondary N) is 1. The molecule has 1 N–H and O–H groups in total. The van der Waals surface area contributed by atoms with Crippen LogP contribution in [0.3, 0.4) is 0 Å². The van der Waals surface area contributed by atoms with Gasteiger partial charge in [-0.1, -0.05) is 11.6 Å². The summed E-state index contributed by atoms with van der Waals surface area (Å²) in [6, 6.07) is 5.35. The van der Waals surface area contributed by atoms with Crippen LogP contribution in [0.2, 0.25) is 5.02 Å². The predicted molar refractivity (Wildman–Crippen MR) is 129 cm³/mol. The zero-order valence-electron chi connectivity index (χ0n) is 18.9. The molecule has 4 rings (SSSR count). The zero-order chi connectivity index (χ0) is 23.5. The number of carbonyl (C=O) groups excluding carboxylic acids is 2. The van der Waals surface area contributed by atoms with Crippen molar-refractivity contribution in [3.05, 3.63) is 62.2 Å². The van der Waals surface area contributed by atoms with Crippen LogP contribution in [0.1, 0.15) is 62.2 Å². The van der Waals surface area contributed by atoms with Gasteiger partial charge in [0.15, 0.2) is 12.4 Å². The molecule has 33 heavy (non-hydrogen) atoms. The molecule has 0 saturated heterocycles. The van der Waals surface area contributed by atoms with Gasteiger partial charge in [-0.3, -0.25) is 4.79 Å². The Morgan fingerprint density at radius 1 is 1.21 bits per heavy atom. The van der Waals surface area contributed by atoms with Crippen LogP contribution in [-0.2, 0) is 24.3 Å². The summed E-state index contributed by atoms with van der Waals surface area (Å²) in [6.45, 7) is 6.05. The average molecular weight is 488 g/mol. The highest BCUT2D eigenvalue weighted by Gasteiger charge is 2.27. The minimum atomic E-state index is -0.389. The molecule has 1 aliphatic rings. The van der Waals surface area contributed by atoms with E-state index in [1.165, 1.54) is 11.3 Å². The largest absolute Gasteiger partial charge is 0.471 e. The number of amides is 1. The molecule has 0 unspecified atom stereocenters. The van der Waals surface area contributed by atoms with E-state index in [9.17, 15) is 9.59 Å². The standard InChI is InChI=1S/C24H26ClN3O4S/c1-4-31-24(30)20-17-7-5-6-8-19(17)33-23(20)26-22(29)18-9-10-28(27-18)13-32-16-11-14(2)21(25)15(3)12-16/h9-12H,4-8,13H2,1-3H3,(H,26,29). The molecule has 7 nitrogen and oxygen atoms in total. The van der Waals surface area contributed by atoms with Gasteiger partial charge < -0.3 is 14.8 Å². The number of ether oxygens (including phenoxy) is 2. The maximum atomic E-state index is 12.9. The molecule has 174 valence electrons. The minimum Gasteiger partial charge on any atom is -0.471 e. The smallest absolute Gasteiger partial charge is 0.341 e. The van der Waals surface area contributed by atoms with E-state index in [1.54, 1.807) is 23.9 Å². The van der Waals surface area contributed by atoms with E-state index < -0.39 is 0 Å². The number of fused-ring (bicyclic) bond motifs is 1. The van der Waals surface area contributed by atoms with E-state index in [1.807, 2.05) is 26.0 Å². The number of carbonyl (C=O) groups is 2. The molecule has 0 saturated carbocycles. The lowest BCUT2D eigenvalue weighted by molar-refractivity contribution is 0.0526. The van der Waals surface area contributed by atoms with Crippen LogP contribution < -0.4 is 10.1 Å². The second kappa shape index (κ2) is 9.97. The first-order valence-electron chi connectivity index (χ1n) is 10.9. The Labute approximate surface area is 201 Å². The molecule has 0 atom stereocenters. The topological polar surface area (TPSA) is 82.5 Å². The zero-order valence-corrected chi connectivity index (χ0v) is 20.4. The third-order valence-corrected chi connectivity index (χ3v) is 7.33. The molecule has 9 heteroatoms. The highest BCUT2D eigenvalue weighted by molar-refractivity contribution is 7.17. The Kier molecular flexibility index (Phi) is 7.05. The van der Waals surface area contributed by atoms with Gasteiger partial charge in [-0.25, -0.2) is 9.48 Å². The van der Waals surface area contributed by atoms with Crippen LogP contribution in [0, 0.1) is 13.8 Å². The van der Waals surface area contributed by atoms with Crippen molar-refractivity contribution in [2.45, 2.75) is 53.2 Å². The number of thiophene rings is 1. The third-order valence-electron chi connectivity index (χ3n) is 5.52. The quantitative estimate of drug-likeness (QED) is 0.441. The van der Waals surface area contributed by atoms with Crippen LogP contribution >= 0.6 is 22.9 Å². The Morgan fingerprint density at radius 2 is 1.94 bits per heavy atom. The number of aromatic nitrogens is 2. The lowest BCUT2D eigenvalue weighted by Gasteiger charge is -2.12. The molecule has 2 heterocycles. The van der Waals surface area contributed by atoms with E-state index >= 15 is 0 Å². The molecule has 2 aromatic heterocycles. The Bertz CT molecular complexity index is 1180. The van der Waals surface area contributed by atoms with Crippen LogP contribution in [-0.4, -0.2) is 28.3 Å². The first-order valence-corrected chi connectivity index (χ1v) is 12.1. The van der Waals surface area contributed by atoms with Crippen LogP contribution in [0.5, 0.6) is 5.75 Å². The summed E-state index contributed by atoms with van der Waals surface area (Å²) in [4.78, 5) is 26.6. The highest BCUT2D eigenvalue weighted by Crippen LogP contribution is 2.38. The fourth-order valence-electron chi connectivity index (χ4n) is 3.93. The lowest BCUT2D eigenvalue weighted by Crippen LogP contribution is -2.17. The molecule has 0 aliphatic heterocycles. The van der Waals surface area contributed by atoms with Crippen molar-refractivity contribution in [3.63, 3.8) is 0 Å². The summed E-state index contributed by atoms with van der Waals surface area (Å²) < 4.78 is 12.6. The third kappa shape index (κ3) is 5.07. The molecule has 0 spiro atoms. The number of nitrogens with zero attached hydrogens (tertiary/aromatic N) is 2. The summed E-state index contributed by atoms with van der Waals surface area (Å²) in [7, 11) is 0. The van der Waals surface area contributed by atoms with Gasteiger partial charge in [-0.05, 0) is 81.3 Å². The SMILES string of the molecule is CCOC(=O)c1c(NC(=O)c2ccn(COc3cc(C)c(Cl)c(C)c3)n2)sc2c1CCCC2. The number of esters is 1. The summed E-state index contributed by atoms with van der Waals surface area (Å²) in [5, 5.41) is 8.45. The number of benzene rings is 1. The van der Waals surface area contributed by atoms with Gasteiger partial charge in [0.05, 0.1) is 12.2 Å². The second-order valence-corrected chi connectivity index (χ2v) is 9.46. The molecule has 1 aliphatic carbocycles. The molecular weight excluding hydrogens is 462 g/mol. The minimum absolute atomic E-state index is 0.148. The van der Waals surface area contributed by atoms with Crippen molar-refractivity contribution in [2.24, 2.45) is 0 Å². The molecule has 1 aromatic carbocycles. The summed E-state index contributed by atoms with van der Waals surface area (Å²) in [5.74, 6) is -0.0881. The van der Waals surface area contributed by atoms with Crippen LogP contribution in [0.25, 0.3) is 0 Å². The first-order chi connectivity index (χ1) is 15.9. The Balaban J connectivity index is 1.47. The number of aryl methyl sites for hydroxylation is 3. The number of hydrogen-bond acceptors (Lipinski definition) is 6.